The monoisotopic (exact) mass is 183 g/mol. The minimum atomic E-state index is -0.288. The minimum Gasteiger partial charge on any atom is -0.459 e. The first-order chi connectivity index (χ1) is 6.15. The Labute approximate surface area is 76.6 Å². The van der Waals surface area contributed by atoms with Crippen molar-refractivity contribution in [2.75, 3.05) is 6.61 Å². The molecule has 1 amide bonds. The Balaban J connectivity index is 2.64. The highest BCUT2D eigenvalue weighted by molar-refractivity contribution is 5.92. The van der Waals surface area contributed by atoms with Gasteiger partial charge in [-0.05, 0) is 19.9 Å². The number of furan rings is 1. The van der Waals surface area contributed by atoms with Gasteiger partial charge in [0.25, 0.3) is 5.91 Å². The van der Waals surface area contributed by atoms with Crippen molar-refractivity contribution >= 4 is 5.91 Å². The van der Waals surface area contributed by atoms with Gasteiger partial charge in [-0.2, -0.15) is 0 Å². The lowest BCUT2D eigenvalue weighted by Gasteiger charge is -2.09. The van der Waals surface area contributed by atoms with Crippen LogP contribution in [0.4, 0.5) is 0 Å². The van der Waals surface area contributed by atoms with Crippen LogP contribution in [0, 0.1) is 6.92 Å². The topological polar surface area (TPSA) is 62.5 Å². The maximum atomic E-state index is 11.4. The predicted octanol–water partition coefficient (Wildman–Crippen LogP) is 0.699. The molecule has 1 aromatic rings. The second-order valence-electron chi connectivity index (χ2n) is 2.99. The lowest BCUT2D eigenvalue weighted by molar-refractivity contribution is 0.0893. The number of hydrogen-bond acceptors (Lipinski definition) is 3. The van der Waals surface area contributed by atoms with Gasteiger partial charge >= 0.3 is 0 Å². The molecule has 1 heterocycles. The molecule has 1 rings (SSSR count). The number of rotatable bonds is 3. The number of nitrogens with one attached hydrogen (secondary N) is 1. The van der Waals surface area contributed by atoms with Gasteiger partial charge < -0.3 is 14.8 Å². The van der Waals surface area contributed by atoms with Gasteiger partial charge in [0.05, 0.1) is 12.9 Å². The van der Waals surface area contributed by atoms with Gasteiger partial charge in [0, 0.05) is 11.6 Å². The molecule has 2 N–H and O–H groups in total. The summed E-state index contributed by atoms with van der Waals surface area (Å²) in [6.07, 6.45) is 1.47. The second kappa shape index (κ2) is 4.09. The van der Waals surface area contributed by atoms with E-state index in [1.807, 2.05) is 0 Å². The summed E-state index contributed by atoms with van der Waals surface area (Å²) < 4.78 is 4.98. The van der Waals surface area contributed by atoms with E-state index < -0.39 is 0 Å². The van der Waals surface area contributed by atoms with Crippen LogP contribution in [0.1, 0.15) is 23.0 Å². The lowest BCUT2D eigenvalue weighted by atomic mass is 10.2. The predicted molar refractivity (Wildman–Crippen MR) is 47.5 cm³/mol. The SMILES string of the molecule is Cc1ccoc1C(=O)NC(C)CO. The van der Waals surface area contributed by atoms with E-state index in [1.165, 1.54) is 6.26 Å². The van der Waals surface area contributed by atoms with E-state index in [0.29, 0.717) is 5.76 Å². The molecule has 0 radical (unpaired) electrons. The molecular weight excluding hydrogens is 170 g/mol. The standard InChI is InChI=1S/C9H13NO3/c1-6-3-4-13-8(6)9(12)10-7(2)5-11/h3-4,7,11H,5H2,1-2H3,(H,10,12). The van der Waals surface area contributed by atoms with E-state index in [-0.39, 0.29) is 18.6 Å². The molecule has 4 heteroatoms. The molecule has 0 aliphatic rings. The first kappa shape index (κ1) is 9.80. The Bertz CT molecular complexity index is 293. The van der Waals surface area contributed by atoms with Gasteiger partial charge in [0.2, 0.25) is 0 Å². The lowest BCUT2D eigenvalue weighted by Crippen LogP contribution is -2.35. The third kappa shape index (κ3) is 2.32. The number of aryl methyl sites for hydroxylation is 1. The number of amides is 1. The third-order valence-corrected chi connectivity index (χ3v) is 1.72. The molecule has 1 atom stereocenters. The Morgan fingerprint density at radius 2 is 2.46 bits per heavy atom. The highest BCUT2D eigenvalue weighted by Gasteiger charge is 2.13. The highest BCUT2D eigenvalue weighted by atomic mass is 16.3. The number of hydrogen-bond donors (Lipinski definition) is 2. The average Bonchev–Trinajstić information content (AvgIpc) is 2.51. The number of aliphatic hydroxyl groups excluding tert-OH is 1. The smallest absolute Gasteiger partial charge is 0.287 e. The summed E-state index contributed by atoms with van der Waals surface area (Å²) in [7, 11) is 0. The van der Waals surface area contributed by atoms with Crippen molar-refractivity contribution in [3.05, 3.63) is 23.7 Å². The van der Waals surface area contributed by atoms with E-state index in [1.54, 1.807) is 19.9 Å². The van der Waals surface area contributed by atoms with Crippen LogP contribution in [0.15, 0.2) is 16.7 Å². The van der Waals surface area contributed by atoms with Crippen molar-refractivity contribution in [3.63, 3.8) is 0 Å². The molecule has 0 bridgehead atoms. The molecule has 0 fully saturated rings. The molecule has 0 aromatic carbocycles. The summed E-state index contributed by atoms with van der Waals surface area (Å²) in [5, 5.41) is 11.3. The van der Waals surface area contributed by atoms with Crippen molar-refractivity contribution in [1.82, 2.24) is 5.32 Å². The molecule has 1 unspecified atom stereocenters. The van der Waals surface area contributed by atoms with E-state index >= 15 is 0 Å². The molecule has 1 aromatic heterocycles. The summed E-state index contributed by atoms with van der Waals surface area (Å²) in [6, 6.07) is 1.47. The average molecular weight is 183 g/mol. The maximum Gasteiger partial charge on any atom is 0.287 e. The molecule has 0 aliphatic carbocycles. The fraction of sp³-hybridized carbons (Fsp3) is 0.444. The van der Waals surface area contributed by atoms with Crippen LogP contribution in [0.25, 0.3) is 0 Å². The van der Waals surface area contributed by atoms with Gasteiger partial charge in [-0.3, -0.25) is 4.79 Å². The van der Waals surface area contributed by atoms with Gasteiger partial charge in [0.1, 0.15) is 0 Å². The van der Waals surface area contributed by atoms with Gasteiger partial charge in [-0.15, -0.1) is 0 Å². The van der Waals surface area contributed by atoms with Crippen molar-refractivity contribution in [1.29, 1.82) is 0 Å². The molecule has 72 valence electrons. The summed E-state index contributed by atoms with van der Waals surface area (Å²) in [5.74, 6) is 0.0179. The summed E-state index contributed by atoms with van der Waals surface area (Å²) in [4.78, 5) is 11.4. The number of carbonyl (C=O) groups excluding carboxylic acids is 1. The second-order valence-corrected chi connectivity index (χ2v) is 2.99. The largest absolute Gasteiger partial charge is 0.459 e. The van der Waals surface area contributed by atoms with E-state index in [2.05, 4.69) is 5.32 Å². The molecule has 0 spiro atoms. The molecular formula is C9H13NO3. The Morgan fingerprint density at radius 1 is 1.77 bits per heavy atom. The van der Waals surface area contributed by atoms with Crippen LogP contribution in [-0.4, -0.2) is 23.7 Å². The van der Waals surface area contributed by atoms with Crippen LogP contribution in [0.2, 0.25) is 0 Å². The van der Waals surface area contributed by atoms with Crippen molar-refractivity contribution < 1.29 is 14.3 Å². The number of aliphatic hydroxyl groups is 1. The van der Waals surface area contributed by atoms with Crippen LogP contribution >= 0.6 is 0 Å². The molecule has 0 saturated carbocycles. The zero-order valence-corrected chi connectivity index (χ0v) is 7.70. The third-order valence-electron chi connectivity index (χ3n) is 1.72. The Hall–Kier alpha value is -1.29. The summed E-state index contributed by atoms with van der Waals surface area (Å²) in [6.45, 7) is 3.43. The minimum absolute atomic E-state index is 0.0779. The first-order valence-corrected chi connectivity index (χ1v) is 4.11. The zero-order valence-electron chi connectivity index (χ0n) is 7.70. The van der Waals surface area contributed by atoms with Crippen LogP contribution in [0.5, 0.6) is 0 Å². The molecule has 13 heavy (non-hydrogen) atoms. The normalized spacial score (nSPS) is 12.5. The van der Waals surface area contributed by atoms with Gasteiger partial charge in [0.15, 0.2) is 5.76 Å². The Kier molecular flexibility index (Phi) is 3.08. The molecule has 0 saturated heterocycles. The summed E-state index contributed by atoms with van der Waals surface area (Å²) in [5.41, 5.74) is 0.794. The maximum absolute atomic E-state index is 11.4. The van der Waals surface area contributed by atoms with Crippen LogP contribution in [-0.2, 0) is 0 Å². The molecule has 0 aliphatic heterocycles. The quantitative estimate of drug-likeness (QED) is 0.725. The van der Waals surface area contributed by atoms with Gasteiger partial charge in [-0.25, -0.2) is 0 Å². The van der Waals surface area contributed by atoms with Crippen molar-refractivity contribution in [3.8, 4) is 0 Å². The zero-order chi connectivity index (χ0) is 9.84. The van der Waals surface area contributed by atoms with Gasteiger partial charge in [-0.1, -0.05) is 0 Å². The fourth-order valence-corrected chi connectivity index (χ4v) is 0.940. The first-order valence-electron chi connectivity index (χ1n) is 4.11. The van der Waals surface area contributed by atoms with Crippen LogP contribution < -0.4 is 5.32 Å². The molecule has 4 nitrogen and oxygen atoms in total. The van der Waals surface area contributed by atoms with E-state index in [0.717, 1.165) is 5.56 Å². The highest BCUT2D eigenvalue weighted by Crippen LogP contribution is 2.08. The van der Waals surface area contributed by atoms with E-state index in [9.17, 15) is 4.79 Å². The van der Waals surface area contributed by atoms with Crippen molar-refractivity contribution in [2.45, 2.75) is 19.9 Å². The summed E-state index contributed by atoms with van der Waals surface area (Å²) >= 11 is 0. The van der Waals surface area contributed by atoms with Crippen LogP contribution in [0.3, 0.4) is 0 Å². The van der Waals surface area contributed by atoms with E-state index in [4.69, 9.17) is 9.52 Å². The number of carbonyl (C=O) groups is 1. The van der Waals surface area contributed by atoms with Crippen molar-refractivity contribution in [2.24, 2.45) is 0 Å². The fourth-order valence-electron chi connectivity index (χ4n) is 0.940. The Morgan fingerprint density at radius 3 is 2.92 bits per heavy atom.